The summed E-state index contributed by atoms with van der Waals surface area (Å²) in [5.41, 5.74) is 10.6. The number of nitrogen functional groups attached to an aromatic ring is 1. The highest BCUT2D eigenvalue weighted by atomic mass is 16.5. The smallest absolute Gasteiger partial charge is 0.137 e. The molecular formula is C15H15N3O. The summed E-state index contributed by atoms with van der Waals surface area (Å²) >= 11 is 0. The standard InChI is InChI=1S/C15H15N3O/c1-10-15(11-3-6-13(19-2)7-4-11)17-14-8-5-12(16)9-18(10)14/h3-9H,16H2,1-2H3. The molecule has 0 aliphatic carbocycles. The van der Waals surface area contributed by atoms with Crippen LogP contribution in [0.1, 0.15) is 5.69 Å². The van der Waals surface area contributed by atoms with Crippen molar-refractivity contribution >= 4 is 11.3 Å². The lowest BCUT2D eigenvalue weighted by molar-refractivity contribution is 0.415. The van der Waals surface area contributed by atoms with Crippen molar-refractivity contribution in [3.8, 4) is 17.0 Å². The number of aromatic nitrogens is 2. The molecule has 0 atom stereocenters. The molecule has 0 fully saturated rings. The monoisotopic (exact) mass is 253 g/mol. The molecule has 0 spiro atoms. The lowest BCUT2D eigenvalue weighted by atomic mass is 10.1. The highest BCUT2D eigenvalue weighted by Crippen LogP contribution is 2.26. The molecule has 0 amide bonds. The lowest BCUT2D eigenvalue weighted by Crippen LogP contribution is -1.91. The van der Waals surface area contributed by atoms with E-state index in [1.165, 1.54) is 0 Å². The van der Waals surface area contributed by atoms with Crippen molar-refractivity contribution in [3.63, 3.8) is 0 Å². The van der Waals surface area contributed by atoms with Gasteiger partial charge in [-0.25, -0.2) is 4.98 Å². The van der Waals surface area contributed by atoms with E-state index in [4.69, 9.17) is 10.5 Å². The predicted molar refractivity (Wildman–Crippen MR) is 76.3 cm³/mol. The Morgan fingerprint density at radius 2 is 1.84 bits per heavy atom. The van der Waals surface area contributed by atoms with Crippen LogP contribution in [0.3, 0.4) is 0 Å². The average Bonchev–Trinajstić information content (AvgIpc) is 2.76. The Bertz CT molecular complexity index is 729. The van der Waals surface area contributed by atoms with Gasteiger partial charge < -0.3 is 14.9 Å². The minimum Gasteiger partial charge on any atom is -0.497 e. The number of methoxy groups -OCH3 is 1. The maximum atomic E-state index is 5.81. The molecule has 0 saturated heterocycles. The molecule has 2 N–H and O–H groups in total. The van der Waals surface area contributed by atoms with Gasteiger partial charge in [-0.05, 0) is 43.3 Å². The van der Waals surface area contributed by atoms with Gasteiger partial charge in [-0.1, -0.05) is 0 Å². The molecule has 96 valence electrons. The first kappa shape index (κ1) is 11.6. The fraction of sp³-hybridized carbons (Fsp3) is 0.133. The summed E-state index contributed by atoms with van der Waals surface area (Å²) in [6.45, 7) is 2.04. The molecule has 0 unspecified atom stereocenters. The number of ether oxygens (including phenoxy) is 1. The van der Waals surface area contributed by atoms with Gasteiger partial charge in [0.1, 0.15) is 11.4 Å². The summed E-state index contributed by atoms with van der Waals surface area (Å²) in [6.07, 6.45) is 1.89. The van der Waals surface area contributed by atoms with Crippen LogP contribution in [0.5, 0.6) is 5.75 Å². The number of hydrogen-bond donors (Lipinski definition) is 1. The number of nitrogens with two attached hydrogens (primary N) is 1. The second kappa shape index (κ2) is 4.31. The molecule has 0 aliphatic rings. The maximum absolute atomic E-state index is 5.81. The fourth-order valence-corrected chi connectivity index (χ4v) is 2.20. The maximum Gasteiger partial charge on any atom is 0.137 e. The van der Waals surface area contributed by atoms with Crippen LogP contribution in [0.4, 0.5) is 5.69 Å². The normalized spacial score (nSPS) is 10.8. The van der Waals surface area contributed by atoms with Gasteiger partial charge in [-0.15, -0.1) is 0 Å². The molecule has 19 heavy (non-hydrogen) atoms. The topological polar surface area (TPSA) is 52.5 Å². The number of nitrogens with zero attached hydrogens (tertiary/aromatic N) is 2. The third kappa shape index (κ3) is 1.91. The van der Waals surface area contributed by atoms with Gasteiger partial charge in [0, 0.05) is 23.1 Å². The van der Waals surface area contributed by atoms with Crippen LogP contribution in [0.2, 0.25) is 0 Å². The third-order valence-electron chi connectivity index (χ3n) is 3.24. The molecular weight excluding hydrogens is 238 g/mol. The largest absolute Gasteiger partial charge is 0.497 e. The molecule has 0 saturated carbocycles. The Morgan fingerprint density at radius 1 is 1.11 bits per heavy atom. The third-order valence-corrected chi connectivity index (χ3v) is 3.24. The molecule has 1 aromatic carbocycles. The number of benzene rings is 1. The fourth-order valence-electron chi connectivity index (χ4n) is 2.20. The van der Waals surface area contributed by atoms with E-state index in [1.54, 1.807) is 7.11 Å². The van der Waals surface area contributed by atoms with E-state index < -0.39 is 0 Å². The van der Waals surface area contributed by atoms with Gasteiger partial charge in [-0.2, -0.15) is 0 Å². The molecule has 0 aliphatic heterocycles. The Labute approximate surface area is 111 Å². The van der Waals surface area contributed by atoms with Gasteiger partial charge >= 0.3 is 0 Å². The van der Waals surface area contributed by atoms with Gasteiger partial charge in [0.2, 0.25) is 0 Å². The molecule has 2 heterocycles. The second-order valence-electron chi connectivity index (χ2n) is 4.46. The Kier molecular flexibility index (Phi) is 2.63. The zero-order valence-corrected chi connectivity index (χ0v) is 10.9. The molecule has 2 aromatic heterocycles. The van der Waals surface area contributed by atoms with E-state index >= 15 is 0 Å². The molecule has 4 heteroatoms. The highest BCUT2D eigenvalue weighted by molar-refractivity contribution is 5.67. The minimum atomic E-state index is 0.731. The number of anilines is 1. The van der Waals surface area contributed by atoms with E-state index in [0.717, 1.165) is 34.0 Å². The molecule has 0 radical (unpaired) electrons. The Morgan fingerprint density at radius 3 is 2.53 bits per heavy atom. The predicted octanol–water partition coefficient (Wildman–Crippen LogP) is 2.90. The number of rotatable bonds is 2. The summed E-state index contributed by atoms with van der Waals surface area (Å²) in [6, 6.07) is 11.7. The van der Waals surface area contributed by atoms with E-state index in [0.29, 0.717) is 0 Å². The van der Waals surface area contributed by atoms with Crippen molar-refractivity contribution < 1.29 is 4.74 Å². The number of aryl methyl sites for hydroxylation is 1. The van der Waals surface area contributed by atoms with Gasteiger partial charge in [0.15, 0.2) is 0 Å². The zero-order valence-electron chi connectivity index (χ0n) is 10.9. The average molecular weight is 253 g/mol. The van der Waals surface area contributed by atoms with Crippen molar-refractivity contribution in [2.24, 2.45) is 0 Å². The van der Waals surface area contributed by atoms with Crippen molar-refractivity contribution in [2.45, 2.75) is 6.92 Å². The molecule has 3 aromatic rings. The van der Waals surface area contributed by atoms with Gasteiger partial charge in [0.25, 0.3) is 0 Å². The van der Waals surface area contributed by atoms with E-state index in [1.807, 2.05) is 53.9 Å². The van der Waals surface area contributed by atoms with Gasteiger partial charge in [-0.3, -0.25) is 0 Å². The van der Waals surface area contributed by atoms with Crippen molar-refractivity contribution in [3.05, 3.63) is 48.3 Å². The summed E-state index contributed by atoms with van der Waals surface area (Å²) < 4.78 is 7.18. The summed E-state index contributed by atoms with van der Waals surface area (Å²) in [5.74, 6) is 0.842. The van der Waals surface area contributed by atoms with Crippen LogP contribution in [0.15, 0.2) is 42.6 Å². The summed E-state index contributed by atoms with van der Waals surface area (Å²) in [7, 11) is 1.66. The first-order valence-corrected chi connectivity index (χ1v) is 6.07. The second-order valence-corrected chi connectivity index (χ2v) is 4.46. The number of fused-ring (bicyclic) bond motifs is 1. The summed E-state index contributed by atoms with van der Waals surface area (Å²) in [5, 5.41) is 0. The zero-order chi connectivity index (χ0) is 13.4. The van der Waals surface area contributed by atoms with E-state index in [2.05, 4.69) is 4.98 Å². The molecule has 0 bridgehead atoms. The van der Waals surface area contributed by atoms with Gasteiger partial charge in [0.05, 0.1) is 12.8 Å². The van der Waals surface area contributed by atoms with E-state index in [9.17, 15) is 0 Å². The van der Waals surface area contributed by atoms with E-state index in [-0.39, 0.29) is 0 Å². The van der Waals surface area contributed by atoms with Crippen molar-refractivity contribution in [1.82, 2.24) is 9.38 Å². The lowest BCUT2D eigenvalue weighted by Gasteiger charge is -2.02. The molecule has 4 nitrogen and oxygen atoms in total. The number of imidazole rings is 1. The molecule has 3 rings (SSSR count). The van der Waals surface area contributed by atoms with Crippen molar-refractivity contribution in [2.75, 3.05) is 12.8 Å². The van der Waals surface area contributed by atoms with Crippen LogP contribution in [-0.2, 0) is 0 Å². The van der Waals surface area contributed by atoms with Crippen LogP contribution >= 0.6 is 0 Å². The summed E-state index contributed by atoms with van der Waals surface area (Å²) in [4.78, 5) is 4.65. The quantitative estimate of drug-likeness (QED) is 0.764. The minimum absolute atomic E-state index is 0.731. The first-order chi connectivity index (χ1) is 9.19. The first-order valence-electron chi connectivity index (χ1n) is 6.07. The SMILES string of the molecule is COc1ccc(-c2nc3ccc(N)cn3c2C)cc1. The number of hydrogen-bond acceptors (Lipinski definition) is 3. The highest BCUT2D eigenvalue weighted by Gasteiger charge is 2.10. The Hall–Kier alpha value is -2.49. The van der Waals surface area contributed by atoms with Crippen molar-refractivity contribution in [1.29, 1.82) is 0 Å². The van der Waals surface area contributed by atoms with Crippen LogP contribution in [0, 0.1) is 6.92 Å². The van der Waals surface area contributed by atoms with Crippen LogP contribution < -0.4 is 10.5 Å². The van der Waals surface area contributed by atoms with Crippen LogP contribution in [0.25, 0.3) is 16.9 Å². The Balaban J connectivity index is 2.16. The number of pyridine rings is 1. The van der Waals surface area contributed by atoms with Crippen LogP contribution in [-0.4, -0.2) is 16.5 Å².